The van der Waals surface area contributed by atoms with E-state index in [2.05, 4.69) is 5.32 Å². The molecule has 21 heavy (non-hydrogen) atoms. The number of likely N-dealkylation sites (tertiary alicyclic amines) is 1. The van der Waals surface area contributed by atoms with Crippen molar-refractivity contribution in [1.29, 1.82) is 0 Å². The van der Waals surface area contributed by atoms with Crippen molar-refractivity contribution < 1.29 is 14.7 Å². The van der Waals surface area contributed by atoms with E-state index in [-0.39, 0.29) is 12.5 Å². The average molecular weight is 288 g/mol. The van der Waals surface area contributed by atoms with Gasteiger partial charge in [0.25, 0.3) is 5.91 Å². The number of benzene rings is 1. The van der Waals surface area contributed by atoms with Crippen molar-refractivity contribution in [2.45, 2.75) is 26.2 Å². The molecule has 1 aromatic rings. The summed E-state index contributed by atoms with van der Waals surface area (Å²) >= 11 is 0. The highest BCUT2D eigenvalue weighted by atomic mass is 16.4. The number of piperidine rings is 1. The largest absolute Gasteiger partial charge is 0.481 e. The second-order valence-electron chi connectivity index (χ2n) is 6.24. The Kier molecular flexibility index (Phi) is 3.35. The Bertz CT molecular complexity index is 599. The molecule has 1 fully saturated rings. The maximum atomic E-state index is 12.6. The van der Waals surface area contributed by atoms with Gasteiger partial charge in [-0.2, -0.15) is 0 Å². The maximum absolute atomic E-state index is 12.6. The van der Waals surface area contributed by atoms with E-state index in [1.165, 1.54) is 5.56 Å². The zero-order valence-corrected chi connectivity index (χ0v) is 12.2. The van der Waals surface area contributed by atoms with Crippen LogP contribution in [0.4, 0.5) is 5.69 Å². The van der Waals surface area contributed by atoms with Gasteiger partial charge in [0, 0.05) is 30.9 Å². The fourth-order valence-electron chi connectivity index (χ4n) is 3.19. The third-order valence-electron chi connectivity index (χ3n) is 4.57. The standard InChI is InChI=1S/C16H20N2O3/c1-16(15(20)21)6-2-8-18(10-16)14(19)12-4-3-11-5-7-17-13(11)9-12/h3-4,9,17H,2,5-8,10H2,1H3,(H,20,21). The molecule has 1 unspecified atom stereocenters. The number of fused-ring (bicyclic) bond motifs is 1. The van der Waals surface area contributed by atoms with E-state index in [1.807, 2.05) is 18.2 Å². The van der Waals surface area contributed by atoms with Crippen LogP contribution in [0.25, 0.3) is 0 Å². The van der Waals surface area contributed by atoms with Crippen molar-refractivity contribution in [3.05, 3.63) is 29.3 Å². The first-order valence-electron chi connectivity index (χ1n) is 7.39. The van der Waals surface area contributed by atoms with E-state index in [0.717, 1.165) is 25.1 Å². The van der Waals surface area contributed by atoms with Crippen molar-refractivity contribution in [3.63, 3.8) is 0 Å². The maximum Gasteiger partial charge on any atom is 0.311 e. The number of aliphatic carboxylic acids is 1. The van der Waals surface area contributed by atoms with Crippen LogP contribution in [0.15, 0.2) is 18.2 Å². The van der Waals surface area contributed by atoms with Gasteiger partial charge in [-0.3, -0.25) is 9.59 Å². The molecule has 0 bridgehead atoms. The van der Waals surface area contributed by atoms with Crippen LogP contribution in [0.5, 0.6) is 0 Å². The first-order chi connectivity index (χ1) is 9.99. The van der Waals surface area contributed by atoms with Gasteiger partial charge in [-0.15, -0.1) is 0 Å². The summed E-state index contributed by atoms with van der Waals surface area (Å²) in [6.07, 6.45) is 2.35. The minimum Gasteiger partial charge on any atom is -0.481 e. The zero-order valence-electron chi connectivity index (χ0n) is 12.2. The van der Waals surface area contributed by atoms with Gasteiger partial charge in [-0.25, -0.2) is 0 Å². The van der Waals surface area contributed by atoms with Crippen molar-refractivity contribution in [2.24, 2.45) is 5.41 Å². The van der Waals surface area contributed by atoms with E-state index in [4.69, 9.17) is 0 Å². The summed E-state index contributed by atoms with van der Waals surface area (Å²) in [5, 5.41) is 12.6. The molecule has 1 amide bonds. The number of hydrogen-bond donors (Lipinski definition) is 2. The molecule has 1 saturated heterocycles. The van der Waals surface area contributed by atoms with Crippen LogP contribution in [0.1, 0.15) is 35.7 Å². The molecule has 2 aliphatic rings. The number of carboxylic acids is 1. The van der Waals surface area contributed by atoms with Gasteiger partial charge in [0.15, 0.2) is 0 Å². The Morgan fingerprint density at radius 1 is 1.38 bits per heavy atom. The summed E-state index contributed by atoms with van der Waals surface area (Å²) in [7, 11) is 0. The first kappa shape index (κ1) is 13.9. The fourth-order valence-corrected chi connectivity index (χ4v) is 3.19. The van der Waals surface area contributed by atoms with Crippen LogP contribution in [0.2, 0.25) is 0 Å². The number of rotatable bonds is 2. The molecule has 2 N–H and O–H groups in total. The molecular weight excluding hydrogens is 268 g/mol. The summed E-state index contributed by atoms with van der Waals surface area (Å²) in [4.78, 5) is 25.7. The Labute approximate surface area is 123 Å². The van der Waals surface area contributed by atoms with Gasteiger partial charge in [0.1, 0.15) is 0 Å². The molecule has 1 atom stereocenters. The molecule has 112 valence electrons. The highest BCUT2D eigenvalue weighted by molar-refractivity contribution is 5.96. The first-order valence-corrected chi connectivity index (χ1v) is 7.39. The van der Waals surface area contributed by atoms with Crippen LogP contribution in [-0.2, 0) is 11.2 Å². The second kappa shape index (κ2) is 5.06. The molecule has 1 aromatic carbocycles. The summed E-state index contributed by atoms with van der Waals surface area (Å²) < 4.78 is 0. The molecule has 3 rings (SSSR count). The lowest BCUT2D eigenvalue weighted by Gasteiger charge is -2.37. The number of hydrogen-bond acceptors (Lipinski definition) is 3. The number of amides is 1. The van der Waals surface area contributed by atoms with Crippen LogP contribution >= 0.6 is 0 Å². The minimum absolute atomic E-state index is 0.0707. The predicted molar refractivity (Wildman–Crippen MR) is 79.5 cm³/mol. The van der Waals surface area contributed by atoms with Crippen molar-refractivity contribution in [1.82, 2.24) is 4.90 Å². The molecule has 5 heteroatoms. The Balaban J connectivity index is 1.80. The quantitative estimate of drug-likeness (QED) is 0.873. The number of carboxylic acid groups (broad SMARTS) is 1. The van der Waals surface area contributed by atoms with Crippen LogP contribution in [0, 0.1) is 5.41 Å². The Hall–Kier alpha value is -2.04. The van der Waals surface area contributed by atoms with Crippen LogP contribution in [-0.4, -0.2) is 41.5 Å². The molecule has 5 nitrogen and oxygen atoms in total. The highest BCUT2D eigenvalue weighted by Gasteiger charge is 2.39. The smallest absolute Gasteiger partial charge is 0.311 e. The molecule has 0 saturated carbocycles. The summed E-state index contributed by atoms with van der Waals surface area (Å²) in [5.74, 6) is -0.894. The normalized spacial score (nSPS) is 24.3. The summed E-state index contributed by atoms with van der Waals surface area (Å²) in [5.41, 5.74) is 2.07. The number of carbonyl (C=O) groups is 2. The van der Waals surface area contributed by atoms with Gasteiger partial charge in [0.2, 0.25) is 0 Å². The van der Waals surface area contributed by atoms with E-state index in [1.54, 1.807) is 11.8 Å². The SMILES string of the molecule is CC1(C(=O)O)CCCN(C(=O)c2ccc3c(c2)NCC3)C1. The van der Waals surface area contributed by atoms with Gasteiger partial charge in [-0.1, -0.05) is 6.07 Å². The second-order valence-corrected chi connectivity index (χ2v) is 6.24. The van der Waals surface area contributed by atoms with E-state index < -0.39 is 11.4 Å². The van der Waals surface area contributed by atoms with Gasteiger partial charge in [-0.05, 0) is 43.9 Å². The predicted octanol–water partition coefficient (Wildman–Crippen LogP) is 1.98. The third-order valence-corrected chi connectivity index (χ3v) is 4.57. The molecular formula is C16H20N2O3. The third kappa shape index (κ3) is 2.48. The molecule has 0 spiro atoms. The lowest BCUT2D eigenvalue weighted by atomic mass is 9.82. The van der Waals surface area contributed by atoms with Gasteiger partial charge in [0.05, 0.1) is 5.41 Å². The Morgan fingerprint density at radius 3 is 2.95 bits per heavy atom. The molecule has 2 aliphatic heterocycles. The fraction of sp³-hybridized carbons (Fsp3) is 0.500. The lowest BCUT2D eigenvalue weighted by Crippen LogP contribution is -2.48. The van der Waals surface area contributed by atoms with E-state index in [0.29, 0.717) is 18.5 Å². The monoisotopic (exact) mass is 288 g/mol. The van der Waals surface area contributed by atoms with Gasteiger partial charge < -0.3 is 15.3 Å². The minimum atomic E-state index is -0.830. The van der Waals surface area contributed by atoms with Crippen molar-refractivity contribution in [3.8, 4) is 0 Å². The summed E-state index contributed by atoms with van der Waals surface area (Å²) in [6.45, 7) is 3.55. The lowest BCUT2D eigenvalue weighted by molar-refractivity contribution is -0.150. The molecule has 0 aromatic heterocycles. The number of carbonyl (C=O) groups excluding carboxylic acids is 1. The topological polar surface area (TPSA) is 69.6 Å². The van der Waals surface area contributed by atoms with Crippen molar-refractivity contribution in [2.75, 3.05) is 25.0 Å². The number of nitrogens with zero attached hydrogens (tertiary/aromatic N) is 1. The molecule has 0 radical (unpaired) electrons. The highest BCUT2D eigenvalue weighted by Crippen LogP contribution is 2.31. The number of nitrogens with one attached hydrogen (secondary N) is 1. The average Bonchev–Trinajstić information content (AvgIpc) is 2.93. The summed E-state index contributed by atoms with van der Waals surface area (Å²) in [6, 6.07) is 5.72. The van der Waals surface area contributed by atoms with Crippen LogP contribution in [0.3, 0.4) is 0 Å². The van der Waals surface area contributed by atoms with E-state index >= 15 is 0 Å². The Morgan fingerprint density at radius 2 is 2.19 bits per heavy atom. The van der Waals surface area contributed by atoms with Gasteiger partial charge >= 0.3 is 5.97 Å². The number of anilines is 1. The van der Waals surface area contributed by atoms with E-state index in [9.17, 15) is 14.7 Å². The molecule has 2 heterocycles. The zero-order chi connectivity index (χ0) is 15.0. The van der Waals surface area contributed by atoms with Crippen molar-refractivity contribution >= 4 is 17.6 Å². The molecule has 0 aliphatic carbocycles. The van der Waals surface area contributed by atoms with Crippen LogP contribution < -0.4 is 5.32 Å².